The number of sulfonamides is 1. The summed E-state index contributed by atoms with van der Waals surface area (Å²) in [6, 6.07) is 11.1. The summed E-state index contributed by atoms with van der Waals surface area (Å²) in [5, 5.41) is 0. The van der Waals surface area contributed by atoms with Gasteiger partial charge in [-0.15, -0.1) is 0 Å². The number of halogens is 1. The summed E-state index contributed by atoms with van der Waals surface area (Å²) in [6.45, 7) is 0. The first kappa shape index (κ1) is 16.0. The zero-order valence-electron chi connectivity index (χ0n) is 12.1. The summed E-state index contributed by atoms with van der Waals surface area (Å²) in [5.74, 6) is -1.06. The monoisotopic (exact) mass is 393 g/mol. The van der Waals surface area contributed by atoms with Crippen molar-refractivity contribution in [2.24, 2.45) is 0 Å². The van der Waals surface area contributed by atoms with E-state index in [9.17, 15) is 18.0 Å². The molecule has 1 aliphatic heterocycles. The fourth-order valence-corrected chi connectivity index (χ4v) is 4.46. The number of fused-ring (bicyclic) bond motifs is 1. The van der Waals surface area contributed by atoms with Crippen LogP contribution < -0.4 is 0 Å². The molecular formula is C16H12BrNO4S. The first-order chi connectivity index (χ1) is 10.8. The highest BCUT2D eigenvalue weighted by Gasteiger charge is 2.45. The van der Waals surface area contributed by atoms with Gasteiger partial charge in [-0.25, -0.2) is 8.42 Å². The van der Waals surface area contributed by atoms with E-state index in [1.807, 2.05) is 0 Å². The highest BCUT2D eigenvalue weighted by atomic mass is 79.9. The van der Waals surface area contributed by atoms with Crippen molar-refractivity contribution in [3.63, 3.8) is 0 Å². The Bertz CT molecular complexity index is 923. The Kier molecular flexibility index (Phi) is 3.95. The Morgan fingerprint density at radius 3 is 2.52 bits per heavy atom. The lowest BCUT2D eigenvalue weighted by Crippen LogP contribution is -2.51. The van der Waals surface area contributed by atoms with E-state index in [1.54, 1.807) is 36.4 Å². The molecule has 5 nitrogen and oxygen atoms in total. The maximum atomic E-state index is 12.7. The van der Waals surface area contributed by atoms with Crippen LogP contribution in [-0.4, -0.2) is 37.4 Å². The number of nitrogens with zero attached hydrogens (tertiary/aromatic N) is 1. The van der Waals surface area contributed by atoms with E-state index in [-0.39, 0.29) is 16.0 Å². The highest BCUT2D eigenvalue weighted by molar-refractivity contribution is 9.10. The Labute approximate surface area is 142 Å². The molecule has 0 radical (unpaired) electrons. The average Bonchev–Trinajstić information content (AvgIpc) is 2.53. The number of benzene rings is 2. The first-order valence-corrected chi connectivity index (χ1v) is 8.98. The van der Waals surface area contributed by atoms with Crippen molar-refractivity contribution >= 4 is 37.5 Å². The zero-order valence-corrected chi connectivity index (χ0v) is 14.5. The van der Waals surface area contributed by atoms with Gasteiger partial charge in [0.05, 0.1) is 4.90 Å². The Hall–Kier alpha value is -1.83. The molecule has 1 aliphatic rings. The Balaban J connectivity index is 2.14. The molecule has 1 unspecified atom stereocenters. The van der Waals surface area contributed by atoms with E-state index in [1.165, 1.54) is 19.2 Å². The van der Waals surface area contributed by atoms with Crippen LogP contribution in [0.2, 0.25) is 0 Å². The molecule has 0 aromatic heterocycles. The smallest absolute Gasteiger partial charge is 0.244 e. The van der Waals surface area contributed by atoms with Crippen molar-refractivity contribution < 1.29 is 18.0 Å². The van der Waals surface area contributed by atoms with Gasteiger partial charge in [0.2, 0.25) is 10.0 Å². The molecular weight excluding hydrogens is 382 g/mol. The second-order valence-corrected chi connectivity index (χ2v) is 8.04. The van der Waals surface area contributed by atoms with Gasteiger partial charge < -0.3 is 0 Å². The lowest BCUT2D eigenvalue weighted by Gasteiger charge is -2.31. The Morgan fingerprint density at radius 2 is 1.83 bits per heavy atom. The zero-order chi connectivity index (χ0) is 16.8. The van der Waals surface area contributed by atoms with E-state index < -0.39 is 27.6 Å². The highest BCUT2D eigenvalue weighted by Crippen LogP contribution is 2.30. The fraction of sp³-hybridized carbons (Fsp3) is 0.125. The summed E-state index contributed by atoms with van der Waals surface area (Å²) in [4.78, 5) is 25.3. The predicted octanol–water partition coefficient (Wildman–Crippen LogP) is 2.52. The van der Waals surface area contributed by atoms with Crippen LogP contribution in [0, 0.1) is 0 Å². The molecule has 0 amide bonds. The molecule has 1 heterocycles. The standard InChI is InChI=1S/C16H12BrNO4S/c1-18-14(15(19)10-5-4-6-11(17)9-10)16(20)12-7-2-3-8-13(12)23(18,21)22/h2-9,14H,1H3. The normalized spacial score (nSPS) is 20.1. The van der Waals surface area contributed by atoms with Crippen LogP contribution in [0.25, 0.3) is 0 Å². The number of carbonyl (C=O) groups excluding carboxylic acids is 2. The van der Waals surface area contributed by atoms with Crippen molar-refractivity contribution in [3.8, 4) is 0 Å². The van der Waals surface area contributed by atoms with Crippen molar-refractivity contribution in [2.45, 2.75) is 10.9 Å². The third kappa shape index (κ3) is 2.54. The van der Waals surface area contributed by atoms with Crippen LogP contribution in [0.4, 0.5) is 0 Å². The fourth-order valence-electron chi connectivity index (χ4n) is 2.59. The molecule has 118 valence electrons. The molecule has 2 aromatic rings. The van der Waals surface area contributed by atoms with Crippen molar-refractivity contribution in [1.29, 1.82) is 0 Å². The van der Waals surface area contributed by atoms with E-state index in [0.29, 0.717) is 4.47 Å². The van der Waals surface area contributed by atoms with Crippen LogP contribution >= 0.6 is 15.9 Å². The van der Waals surface area contributed by atoms with Crippen molar-refractivity contribution in [3.05, 3.63) is 64.1 Å². The second-order valence-electron chi connectivity index (χ2n) is 5.16. The molecule has 0 saturated carbocycles. The van der Waals surface area contributed by atoms with Gasteiger partial charge in [-0.3, -0.25) is 9.59 Å². The summed E-state index contributed by atoms with van der Waals surface area (Å²) >= 11 is 3.26. The molecule has 1 atom stereocenters. The lowest BCUT2D eigenvalue weighted by molar-refractivity contribution is 0.0784. The lowest BCUT2D eigenvalue weighted by atomic mass is 9.96. The second kappa shape index (κ2) is 5.67. The number of Topliss-reactive ketones (excluding diaryl/α,β-unsaturated/α-hetero) is 2. The number of carbonyl (C=O) groups is 2. The molecule has 0 spiro atoms. The largest absolute Gasteiger partial charge is 0.292 e. The van der Waals surface area contributed by atoms with Gasteiger partial charge in [0, 0.05) is 22.6 Å². The molecule has 7 heteroatoms. The van der Waals surface area contributed by atoms with Crippen LogP contribution in [0.5, 0.6) is 0 Å². The SMILES string of the molecule is CN1C(C(=O)c2cccc(Br)c2)C(=O)c2ccccc2S1(=O)=O. The van der Waals surface area contributed by atoms with Crippen molar-refractivity contribution in [1.82, 2.24) is 4.31 Å². The topological polar surface area (TPSA) is 71.5 Å². The van der Waals surface area contributed by atoms with Gasteiger partial charge in [0.1, 0.15) is 0 Å². The van der Waals surface area contributed by atoms with Gasteiger partial charge >= 0.3 is 0 Å². The number of rotatable bonds is 2. The summed E-state index contributed by atoms with van der Waals surface area (Å²) in [7, 11) is -2.63. The minimum atomic E-state index is -3.89. The number of likely N-dealkylation sites (N-methyl/N-ethyl adjacent to an activating group) is 1. The maximum Gasteiger partial charge on any atom is 0.244 e. The van der Waals surface area contributed by atoms with Gasteiger partial charge in [0.25, 0.3) is 0 Å². The molecule has 3 rings (SSSR count). The predicted molar refractivity (Wildman–Crippen MR) is 88.0 cm³/mol. The van der Waals surface area contributed by atoms with Crippen LogP contribution in [0.1, 0.15) is 20.7 Å². The van der Waals surface area contributed by atoms with E-state index in [0.717, 1.165) is 4.31 Å². The van der Waals surface area contributed by atoms with Crippen LogP contribution in [0.3, 0.4) is 0 Å². The number of ketones is 2. The minimum Gasteiger partial charge on any atom is -0.292 e. The molecule has 0 aliphatic carbocycles. The number of hydrogen-bond donors (Lipinski definition) is 0. The first-order valence-electron chi connectivity index (χ1n) is 6.75. The van der Waals surface area contributed by atoms with Gasteiger partial charge in [0.15, 0.2) is 17.6 Å². The van der Waals surface area contributed by atoms with E-state index >= 15 is 0 Å². The molecule has 23 heavy (non-hydrogen) atoms. The molecule has 0 bridgehead atoms. The molecule has 0 fully saturated rings. The maximum absolute atomic E-state index is 12.7. The summed E-state index contributed by atoms with van der Waals surface area (Å²) in [6.07, 6.45) is 0. The van der Waals surface area contributed by atoms with Gasteiger partial charge in [-0.1, -0.05) is 40.2 Å². The van der Waals surface area contributed by atoms with Crippen LogP contribution in [-0.2, 0) is 10.0 Å². The molecule has 2 aromatic carbocycles. The van der Waals surface area contributed by atoms with Crippen LogP contribution in [0.15, 0.2) is 57.9 Å². The number of hydrogen-bond acceptors (Lipinski definition) is 4. The summed E-state index contributed by atoms with van der Waals surface area (Å²) in [5.41, 5.74) is 0.332. The third-order valence-corrected chi connectivity index (χ3v) is 6.15. The third-order valence-electron chi connectivity index (χ3n) is 3.78. The molecule has 0 saturated heterocycles. The van der Waals surface area contributed by atoms with Gasteiger partial charge in [-0.05, 0) is 24.3 Å². The minimum absolute atomic E-state index is 0.0546. The van der Waals surface area contributed by atoms with Gasteiger partial charge in [-0.2, -0.15) is 4.31 Å². The van der Waals surface area contributed by atoms with E-state index in [4.69, 9.17) is 0 Å². The summed E-state index contributed by atoms with van der Waals surface area (Å²) < 4.78 is 26.7. The Morgan fingerprint density at radius 1 is 1.13 bits per heavy atom. The quantitative estimate of drug-likeness (QED) is 0.580. The van der Waals surface area contributed by atoms with E-state index in [2.05, 4.69) is 15.9 Å². The van der Waals surface area contributed by atoms with Crippen molar-refractivity contribution in [2.75, 3.05) is 7.05 Å². The molecule has 0 N–H and O–H groups in total. The average molecular weight is 394 g/mol.